The summed E-state index contributed by atoms with van der Waals surface area (Å²) in [6, 6.07) is 32.8. The normalized spacial score (nSPS) is 11.3. The molecule has 0 aliphatic heterocycles. The van der Waals surface area contributed by atoms with Gasteiger partial charge in [0.2, 0.25) is 0 Å². The molecule has 0 aliphatic carbocycles. The van der Waals surface area contributed by atoms with E-state index in [0.717, 1.165) is 0 Å². The van der Waals surface area contributed by atoms with Crippen LogP contribution in [0.2, 0.25) is 0 Å². The van der Waals surface area contributed by atoms with Gasteiger partial charge in [-0.1, -0.05) is 0 Å². The molecule has 3 aromatic rings. The molecule has 0 radical (unpaired) electrons. The van der Waals surface area contributed by atoms with E-state index in [1.807, 2.05) is 0 Å². The van der Waals surface area contributed by atoms with Crippen molar-refractivity contribution in [2.24, 2.45) is 0 Å². The van der Waals surface area contributed by atoms with Gasteiger partial charge in [0.1, 0.15) is 0 Å². The van der Waals surface area contributed by atoms with Gasteiger partial charge in [-0.25, -0.2) is 0 Å². The summed E-state index contributed by atoms with van der Waals surface area (Å²) in [5.74, 6) is 0. The van der Waals surface area contributed by atoms with E-state index in [9.17, 15) is 0 Å². The van der Waals surface area contributed by atoms with Crippen molar-refractivity contribution in [2.45, 2.75) is 0 Å². The zero-order chi connectivity index (χ0) is 13.8. The van der Waals surface area contributed by atoms with E-state index < -0.39 is 6.40 Å². The van der Waals surface area contributed by atoms with Gasteiger partial charge in [-0.15, -0.1) is 0 Å². The summed E-state index contributed by atoms with van der Waals surface area (Å²) >= 11 is 2.44. The molecule has 0 aliphatic rings. The van der Waals surface area contributed by atoms with Crippen LogP contribution in [-0.4, -0.2) is 23.4 Å². The van der Waals surface area contributed by atoms with Crippen molar-refractivity contribution in [1.29, 1.82) is 0 Å². The predicted molar refractivity (Wildman–Crippen MR) is 89.7 cm³/mol. The molecule has 20 heavy (non-hydrogen) atoms. The Morgan fingerprint density at radius 1 is 0.450 bits per heavy atom. The van der Waals surface area contributed by atoms with E-state index in [1.165, 1.54) is 15.6 Å². The summed E-state index contributed by atoms with van der Waals surface area (Å²) < 4.78 is 0. The molecule has 0 atom stereocenters. The first-order valence-electron chi connectivity index (χ1n) is 6.98. The number of hydrogen-bond donors (Lipinski definition) is 0. The van der Waals surface area contributed by atoms with Crippen LogP contribution in [0.25, 0.3) is 0 Å². The van der Waals surface area contributed by atoms with E-state index in [2.05, 4.69) is 108 Å². The monoisotopic (exact) mass is 266 g/mol. The predicted octanol–water partition coefficient (Wildman–Crippen LogP) is 1.82. The van der Waals surface area contributed by atoms with E-state index in [-0.39, 0.29) is 0 Å². The summed E-state index contributed by atoms with van der Waals surface area (Å²) in [5.41, 5.74) is 0. The summed E-state index contributed by atoms with van der Waals surface area (Å²) in [4.78, 5) is 0. The fourth-order valence-corrected chi connectivity index (χ4v) is 6.39. The van der Waals surface area contributed by atoms with Crippen LogP contribution >= 0.6 is 0 Å². The van der Waals surface area contributed by atoms with Gasteiger partial charge in [0.15, 0.2) is 0 Å². The van der Waals surface area contributed by atoms with Gasteiger partial charge in [0, 0.05) is 0 Å². The average Bonchev–Trinajstić information content (AvgIpc) is 2.56. The summed E-state index contributed by atoms with van der Waals surface area (Å²) in [6.07, 6.45) is -1.88. The first-order chi connectivity index (χ1) is 9.82. The molecule has 0 nitrogen and oxygen atoms in total. The van der Waals surface area contributed by atoms with Gasteiger partial charge in [0.25, 0.3) is 0 Å². The van der Waals surface area contributed by atoms with Crippen LogP contribution in [0.3, 0.4) is 0 Å². The SMILES string of the molecule is [Li][Si](c1ccccc1)(c1ccccc1)c1ccccc1. The number of hydrogen-bond acceptors (Lipinski definition) is 0. The molecule has 0 heterocycles. The van der Waals surface area contributed by atoms with Gasteiger partial charge < -0.3 is 0 Å². The second-order valence-electron chi connectivity index (χ2n) is 5.22. The van der Waals surface area contributed by atoms with Gasteiger partial charge in [-0.3, -0.25) is 0 Å². The Labute approximate surface area is 130 Å². The standard InChI is InChI=1S/C18H15Si.Li/c1-4-10-16(11-5-1)19(17-12-6-2-7-13-17)18-14-8-3-9-15-18;/h1-15H;. The van der Waals surface area contributed by atoms with Crippen molar-refractivity contribution in [1.82, 2.24) is 0 Å². The molecule has 3 aromatic carbocycles. The van der Waals surface area contributed by atoms with E-state index >= 15 is 0 Å². The molecule has 0 N–H and O–H groups in total. The van der Waals surface area contributed by atoms with Crippen LogP contribution in [0.4, 0.5) is 0 Å². The Hall–Kier alpha value is -1.53. The van der Waals surface area contributed by atoms with Crippen LogP contribution < -0.4 is 15.6 Å². The second kappa shape index (κ2) is 5.85. The maximum atomic E-state index is 2.44. The molecule has 92 valence electrons. The molecule has 0 amide bonds. The minimum absolute atomic E-state index is 1.46. The van der Waals surface area contributed by atoms with Crippen LogP contribution in [0.1, 0.15) is 0 Å². The Balaban J connectivity index is 2.24. The van der Waals surface area contributed by atoms with Crippen molar-refractivity contribution >= 4 is 39.0 Å². The molecular formula is C18H15LiSi. The van der Waals surface area contributed by atoms with Crippen LogP contribution in [-0.2, 0) is 0 Å². The molecular weight excluding hydrogens is 251 g/mol. The van der Waals surface area contributed by atoms with Gasteiger partial charge in [-0.05, 0) is 0 Å². The third-order valence-corrected chi connectivity index (χ3v) is 8.52. The first kappa shape index (κ1) is 13.5. The zero-order valence-electron chi connectivity index (χ0n) is 11.7. The van der Waals surface area contributed by atoms with Gasteiger partial charge in [-0.2, -0.15) is 0 Å². The Bertz CT molecular complexity index is 569. The van der Waals surface area contributed by atoms with Crippen LogP contribution in [0.5, 0.6) is 0 Å². The first-order valence-corrected chi connectivity index (χ1v) is 9.48. The van der Waals surface area contributed by atoms with Crippen LogP contribution in [0.15, 0.2) is 91.0 Å². The third-order valence-electron chi connectivity index (χ3n) is 4.05. The molecule has 0 spiro atoms. The number of rotatable bonds is 3. The minimum atomic E-state index is -1.88. The maximum absolute atomic E-state index is 2.44. The van der Waals surface area contributed by atoms with Crippen molar-refractivity contribution in [3.05, 3.63) is 91.0 Å². The van der Waals surface area contributed by atoms with E-state index in [4.69, 9.17) is 0 Å². The quantitative estimate of drug-likeness (QED) is 0.501. The zero-order valence-corrected chi connectivity index (χ0v) is 12.7. The van der Waals surface area contributed by atoms with E-state index in [1.54, 1.807) is 0 Å². The molecule has 0 bridgehead atoms. The Morgan fingerprint density at radius 2 is 0.700 bits per heavy atom. The van der Waals surface area contributed by atoms with Crippen molar-refractivity contribution in [3.63, 3.8) is 0 Å². The molecule has 2 heteroatoms. The van der Waals surface area contributed by atoms with Crippen LogP contribution in [0, 0.1) is 0 Å². The molecule has 0 saturated heterocycles. The second-order valence-corrected chi connectivity index (χ2v) is 9.21. The van der Waals surface area contributed by atoms with E-state index in [0.29, 0.717) is 0 Å². The number of benzene rings is 3. The molecule has 0 saturated carbocycles. The Morgan fingerprint density at radius 3 is 0.950 bits per heavy atom. The fourth-order valence-electron chi connectivity index (χ4n) is 2.81. The van der Waals surface area contributed by atoms with Crippen molar-refractivity contribution in [3.8, 4) is 0 Å². The fraction of sp³-hybridized carbons (Fsp3) is 0. The third kappa shape index (κ3) is 2.41. The molecule has 0 fully saturated rings. The van der Waals surface area contributed by atoms with Crippen molar-refractivity contribution in [2.75, 3.05) is 0 Å². The summed E-state index contributed by atoms with van der Waals surface area (Å²) in [5, 5.41) is 4.37. The molecule has 0 aromatic heterocycles. The summed E-state index contributed by atoms with van der Waals surface area (Å²) in [6.45, 7) is 0. The average molecular weight is 266 g/mol. The Kier molecular flexibility index (Phi) is 3.94. The summed E-state index contributed by atoms with van der Waals surface area (Å²) in [7, 11) is 0. The molecule has 0 unspecified atom stereocenters. The topological polar surface area (TPSA) is 0 Å². The van der Waals surface area contributed by atoms with Gasteiger partial charge in [0.05, 0.1) is 0 Å². The van der Waals surface area contributed by atoms with Gasteiger partial charge >= 0.3 is 130 Å². The van der Waals surface area contributed by atoms with Crippen molar-refractivity contribution < 1.29 is 0 Å². The molecule has 3 rings (SSSR count).